The average Bonchev–Trinajstić information content (AvgIpc) is 2.62. The van der Waals surface area contributed by atoms with E-state index >= 15 is 0 Å². The first kappa shape index (κ1) is 15.6. The maximum absolute atomic E-state index is 10.3. The molecule has 0 fully saturated rings. The molecule has 0 bridgehead atoms. The number of hydrogen-bond donors (Lipinski definition) is 2. The highest BCUT2D eigenvalue weighted by molar-refractivity contribution is 6.07. The van der Waals surface area contributed by atoms with Gasteiger partial charge in [0.25, 0.3) is 0 Å². The van der Waals surface area contributed by atoms with Crippen molar-refractivity contribution in [2.75, 3.05) is 0 Å². The molecule has 0 aliphatic carbocycles. The fourth-order valence-electron chi connectivity index (χ4n) is 2.61. The smallest absolute Gasteiger partial charge is 0.339 e. The second kappa shape index (κ2) is 6.84. The Kier molecular flexibility index (Phi) is 4.43. The molecule has 0 saturated heterocycles. The molecule has 0 aliphatic heterocycles. The van der Waals surface area contributed by atoms with Gasteiger partial charge in [0.15, 0.2) is 0 Å². The van der Waals surface area contributed by atoms with Gasteiger partial charge in [-0.05, 0) is 33.7 Å². The maximum atomic E-state index is 10.3. The standard InChI is InChI=1S/C14H10.C7H6O3/c1-3-7-13-11(5-1)9-10-12-6-2-4-8-14(12)13;8-6-4-2-1-3-5(6)7(9)10/h1-10H;1-4,8H,(H,9,10). The molecule has 4 aromatic rings. The molecule has 24 heavy (non-hydrogen) atoms. The first-order chi connectivity index (χ1) is 11.7. The van der Waals surface area contributed by atoms with Crippen LogP contribution in [0.5, 0.6) is 5.75 Å². The zero-order valence-corrected chi connectivity index (χ0v) is 12.9. The normalized spacial score (nSPS) is 10.2. The SMILES string of the molecule is O=C(O)c1ccccc1O.c1ccc2c(c1)ccc1ccccc12. The summed E-state index contributed by atoms with van der Waals surface area (Å²) in [6.07, 6.45) is 0. The van der Waals surface area contributed by atoms with Crippen molar-refractivity contribution in [2.45, 2.75) is 0 Å². The summed E-state index contributed by atoms with van der Waals surface area (Å²) in [5.41, 5.74) is -0.0671. The van der Waals surface area contributed by atoms with Gasteiger partial charge >= 0.3 is 5.97 Å². The molecule has 4 aromatic carbocycles. The Morgan fingerprint density at radius 2 is 1.08 bits per heavy atom. The summed E-state index contributed by atoms with van der Waals surface area (Å²) in [6.45, 7) is 0. The fraction of sp³-hybridized carbons (Fsp3) is 0. The first-order valence-electron chi connectivity index (χ1n) is 7.54. The quantitative estimate of drug-likeness (QED) is 0.481. The van der Waals surface area contributed by atoms with Crippen LogP contribution in [0.15, 0.2) is 84.9 Å². The molecule has 3 nitrogen and oxygen atoms in total. The minimum Gasteiger partial charge on any atom is -0.507 e. The first-order valence-corrected chi connectivity index (χ1v) is 7.54. The number of phenols is 1. The predicted molar refractivity (Wildman–Crippen MR) is 96.5 cm³/mol. The molecule has 0 aliphatic rings. The monoisotopic (exact) mass is 316 g/mol. The Bertz CT molecular complexity index is 951. The number of hydrogen-bond acceptors (Lipinski definition) is 2. The van der Waals surface area contributed by atoms with E-state index in [9.17, 15) is 4.79 Å². The molecule has 118 valence electrons. The number of benzene rings is 4. The number of carboxylic acid groups (broad SMARTS) is 1. The second-order valence-corrected chi connectivity index (χ2v) is 5.33. The molecule has 0 atom stereocenters. The Balaban J connectivity index is 0.000000150. The molecule has 0 heterocycles. The Hall–Kier alpha value is -3.33. The topological polar surface area (TPSA) is 57.5 Å². The fourth-order valence-corrected chi connectivity index (χ4v) is 2.61. The molecular formula is C21H16O3. The van der Waals surface area contributed by atoms with Crippen molar-refractivity contribution in [3.63, 3.8) is 0 Å². The lowest BCUT2D eigenvalue weighted by Crippen LogP contribution is -1.95. The third-order valence-corrected chi connectivity index (χ3v) is 3.79. The highest BCUT2D eigenvalue weighted by Gasteiger charge is 2.05. The number of carboxylic acids is 1. The minimum atomic E-state index is -1.11. The second-order valence-electron chi connectivity index (χ2n) is 5.33. The van der Waals surface area contributed by atoms with Crippen molar-refractivity contribution in [1.29, 1.82) is 0 Å². The van der Waals surface area contributed by atoms with E-state index in [4.69, 9.17) is 10.2 Å². The largest absolute Gasteiger partial charge is 0.507 e. The van der Waals surface area contributed by atoms with E-state index in [1.807, 2.05) is 0 Å². The van der Waals surface area contributed by atoms with Gasteiger partial charge < -0.3 is 10.2 Å². The van der Waals surface area contributed by atoms with Crippen molar-refractivity contribution in [2.24, 2.45) is 0 Å². The van der Waals surface area contributed by atoms with Gasteiger partial charge in [-0.3, -0.25) is 0 Å². The van der Waals surface area contributed by atoms with E-state index in [0.717, 1.165) is 0 Å². The van der Waals surface area contributed by atoms with Crippen LogP contribution >= 0.6 is 0 Å². The van der Waals surface area contributed by atoms with Gasteiger partial charge in [-0.2, -0.15) is 0 Å². The van der Waals surface area contributed by atoms with Crippen molar-refractivity contribution in [1.82, 2.24) is 0 Å². The summed E-state index contributed by atoms with van der Waals surface area (Å²) in [4.78, 5) is 10.3. The molecule has 4 rings (SSSR count). The van der Waals surface area contributed by atoms with Gasteiger partial charge in [0.05, 0.1) is 0 Å². The van der Waals surface area contributed by atoms with Crippen LogP contribution in [-0.4, -0.2) is 16.2 Å². The van der Waals surface area contributed by atoms with Crippen LogP contribution in [0.2, 0.25) is 0 Å². The van der Waals surface area contributed by atoms with E-state index in [1.54, 1.807) is 12.1 Å². The van der Waals surface area contributed by atoms with Crippen LogP contribution in [0.25, 0.3) is 21.5 Å². The number of carbonyl (C=O) groups is 1. The molecule has 3 heteroatoms. The summed E-state index contributed by atoms with van der Waals surface area (Å²) in [7, 11) is 0. The van der Waals surface area contributed by atoms with Crippen molar-refractivity contribution >= 4 is 27.5 Å². The van der Waals surface area contributed by atoms with Crippen LogP contribution in [0, 0.1) is 0 Å². The number of aromatic hydroxyl groups is 1. The van der Waals surface area contributed by atoms with Crippen LogP contribution < -0.4 is 0 Å². The Morgan fingerprint density at radius 3 is 1.54 bits per heavy atom. The summed E-state index contributed by atoms with van der Waals surface area (Å²) >= 11 is 0. The summed E-state index contributed by atoms with van der Waals surface area (Å²) in [6, 6.07) is 27.2. The molecular weight excluding hydrogens is 300 g/mol. The minimum absolute atomic E-state index is 0.0671. The van der Waals surface area contributed by atoms with Gasteiger partial charge in [0, 0.05) is 0 Å². The van der Waals surface area contributed by atoms with E-state index in [1.165, 1.54) is 33.7 Å². The van der Waals surface area contributed by atoms with Gasteiger partial charge in [0.2, 0.25) is 0 Å². The van der Waals surface area contributed by atoms with Gasteiger partial charge in [-0.25, -0.2) is 4.79 Å². The summed E-state index contributed by atoms with van der Waals surface area (Å²) < 4.78 is 0. The number of para-hydroxylation sites is 1. The molecule has 0 aromatic heterocycles. The number of fused-ring (bicyclic) bond motifs is 3. The molecule has 0 amide bonds. The number of rotatable bonds is 1. The highest BCUT2D eigenvalue weighted by atomic mass is 16.4. The Labute approximate surface area is 139 Å². The lowest BCUT2D eigenvalue weighted by molar-refractivity contribution is 0.0693. The zero-order valence-electron chi connectivity index (χ0n) is 12.9. The van der Waals surface area contributed by atoms with E-state index < -0.39 is 5.97 Å². The third-order valence-electron chi connectivity index (χ3n) is 3.79. The molecule has 0 spiro atoms. The van der Waals surface area contributed by atoms with Gasteiger partial charge in [0.1, 0.15) is 11.3 Å². The van der Waals surface area contributed by atoms with E-state index in [2.05, 4.69) is 60.7 Å². The highest BCUT2D eigenvalue weighted by Crippen LogP contribution is 2.24. The van der Waals surface area contributed by atoms with Crippen LogP contribution in [0.3, 0.4) is 0 Å². The van der Waals surface area contributed by atoms with E-state index in [-0.39, 0.29) is 11.3 Å². The molecule has 0 unspecified atom stereocenters. The zero-order chi connectivity index (χ0) is 16.9. The third kappa shape index (κ3) is 3.20. The van der Waals surface area contributed by atoms with Crippen LogP contribution in [0.1, 0.15) is 10.4 Å². The summed E-state index contributed by atoms with van der Waals surface area (Å²) in [5, 5.41) is 22.6. The molecule has 2 N–H and O–H groups in total. The van der Waals surface area contributed by atoms with Crippen LogP contribution in [-0.2, 0) is 0 Å². The van der Waals surface area contributed by atoms with Gasteiger partial charge in [-0.15, -0.1) is 0 Å². The van der Waals surface area contributed by atoms with E-state index in [0.29, 0.717) is 0 Å². The molecule has 0 saturated carbocycles. The van der Waals surface area contributed by atoms with Gasteiger partial charge in [-0.1, -0.05) is 72.8 Å². The van der Waals surface area contributed by atoms with Crippen molar-refractivity contribution in [3.05, 3.63) is 90.5 Å². The van der Waals surface area contributed by atoms with Crippen molar-refractivity contribution < 1.29 is 15.0 Å². The summed E-state index contributed by atoms with van der Waals surface area (Å²) in [5.74, 6) is -1.31. The maximum Gasteiger partial charge on any atom is 0.339 e. The molecule has 0 radical (unpaired) electrons. The van der Waals surface area contributed by atoms with Crippen molar-refractivity contribution in [3.8, 4) is 5.75 Å². The predicted octanol–water partition coefficient (Wildman–Crippen LogP) is 5.08. The number of aromatic carboxylic acids is 1. The Morgan fingerprint density at radius 1 is 0.625 bits per heavy atom. The lowest BCUT2D eigenvalue weighted by atomic mass is 10.0. The lowest BCUT2D eigenvalue weighted by Gasteiger charge is -2.02. The van der Waals surface area contributed by atoms with Crippen LogP contribution in [0.4, 0.5) is 0 Å². The average molecular weight is 316 g/mol.